The van der Waals surface area contributed by atoms with Crippen LogP contribution in [-0.2, 0) is 6.54 Å². The Balaban J connectivity index is 2.20. The molecule has 0 unspecified atom stereocenters. The maximum absolute atomic E-state index is 11.4. The molecule has 0 atom stereocenters. The molecule has 130 valence electrons. The molecule has 0 aliphatic carbocycles. The second-order valence-electron chi connectivity index (χ2n) is 5.03. The summed E-state index contributed by atoms with van der Waals surface area (Å²) in [6, 6.07) is 1.87. The number of hydrogen-bond acceptors (Lipinski definition) is 6. The molecule has 0 radical (unpaired) electrons. The molecule has 2 aromatic heterocycles. The average Bonchev–Trinajstić information content (AvgIpc) is 2.98. The van der Waals surface area contributed by atoms with E-state index >= 15 is 0 Å². The van der Waals surface area contributed by atoms with Crippen LogP contribution in [-0.4, -0.2) is 29.8 Å². The van der Waals surface area contributed by atoms with E-state index in [-0.39, 0.29) is 5.76 Å². The molecule has 0 aliphatic heterocycles. The number of aliphatic imine (C=N–C) groups is 1. The molecule has 0 amide bonds. The van der Waals surface area contributed by atoms with Crippen LogP contribution in [0.25, 0.3) is 10.2 Å². The summed E-state index contributed by atoms with van der Waals surface area (Å²) in [5, 5.41) is 16.2. The van der Waals surface area contributed by atoms with Gasteiger partial charge in [-0.2, -0.15) is 0 Å². The fraction of sp³-hybridized carbons (Fsp3) is 0.167. The number of carbonyl (C=O) groups excluding carboxylic acids is 1. The van der Waals surface area contributed by atoms with Gasteiger partial charge in [0.05, 0.1) is 17.8 Å². The molecule has 0 saturated carbocycles. The first-order valence-electron chi connectivity index (χ1n) is 7.61. The van der Waals surface area contributed by atoms with Crippen LogP contribution in [0.3, 0.4) is 0 Å². The Labute approximate surface area is 150 Å². The number of aromatic nitrogens is 1. The molecular formula is C18H20N4O2S. The number of nitrogens with zero attached hydrogens (tertiary/aromatic N) is 2. The van der Waals surface area contributed by atoms with Crippen LogP contribution in [0.2, 0.25) is 0 Å². The van der Waals surface area contributed by atoms with Crippen molar-refractivity contribution in [1.82, 2.24) is 10.3 Å². The lowest BCUT2D eigenvalue weighted by atomic mass is 10.1. The fourth-order valence-corrected chi connectivity index (χ4v) is 3.23. The molecule has 2 rings (SSSR count). The van der Waals surface area contributed by atoms with Crippen molar-refractivity contribution in [3.63, 3.8) is 0 Å². The summed E-state index contributed by atoms with van der Waals surface area (Å²) in [6.45, 7) is 5.61. The van der Waals surface area contributed by atoms with Crippen molar-refractivity contribution in [3.05, 3.63) is 59.0 Å². The molecule has 0 bridgehead atoms. The van der Waals surface area contributed by atoms with Crippen LogP contribution < -0.4 is 10.6 Å². The number of hydrogen-bond donors (Lipinski definition) is 3. The van der Waals surface area contributed by atoms with E-state index in [9.17, 15) is 4.79 Å². The van der Waals surface area contributed by atoms with Crippen molar-refractivity contribution in [2.75, 3.05) is 12.4 Å². The maximum Gasteiger partial charge on any atom is 0.160 e. The summed E-state index contributed by atoms with van der Waals surface area (Å²) in [4.78, 5) is 21.5. The van der Waals surface area contributed by atoms with Gasteiger partial charge in [0.15, 0.2) is 6.29 Å². The molecule has 3 N–H and O–H groups in total. The predicted molar refractivity (Wildman–Crippen MR) is 105 cm³/mol. The minimum Gasteiger partial charge on any atom is -0.509 e. The van der Waals surface area contributed by atoms with E-state index in [0.29, 0.717) is 11.4 Å². The van der Waals surface area contributed by atoms with Crippen molar-refractivity contribution < 1.29 is 9.90 Å². The van der Waals surface area contributed by atoms with Gasteiger partial charge in [-0.1, -0.05) is 12.7 Å². The number of carbonyl (C=O) groups is 1. The van der Waals surface area contributed by atoms with Gasteiger partial charge in [0.1, 0.15) is 10.6 Å². The summed E-state index contributed by atoms with van der Waals surface area (Å²) in [7, 11) is 1.83. The van der Waals surface area contributed by atoms with E-state index in [1.165, 1.54) is 17.4 Å². The van der Waals surface area contributed by atoms with Crippen LogP contribution in [0, 0.1) is 0 Å². The molecule has 0 aliphatic rings. The first-order chi connectivity index (χ1) is 12.1. The van der Waals surface area contributed by atoms with Gasteiger partial charge < -0.3 is 15.7 Å². The normalized spacial score (nSPS) is 12.2. The highest BCUT2D eigenvalue weighted by Crippen LogP contribution is 2.34. The highest BCUT2D eigenvalue weighted by atomic mass is 32.1. The maximum atomic E-state index is 11.4. The number of fused-ring (bicyclic) bond motifs is 1. The number of nitrogens with one attached hydrogen (secondary N) is 2. The van der Waals surface area contributed by atoms with Crippen molar-refractivity contribution >= 4 is 39.9 Å². The topological polar surface area (TPSA) is 86.6 Å². The van der Waals surface area contributed by atoms with Crippen LogP contribution in [0.15, 0.2) is 53.5 Å². The zero-order valence-electron chi connectivity index (χ0n) is 14.1. The highest BCUT2D eigenvalue weighted by Gasteiger charge is 2.14. The number of aliphatic hydroxyl groups is 1. The summed E-state index contributed by atoms with van der Waals surface area (Å²) < 4.78 is 0. The largest absolute Gasteiger partial charge is 0.509 e. The lowest BCUT2D eigenvalue weighted by Crippen LogP contribution is -2.08. The standard InChI is InChI=1S/C18H20N4O2S/c1-4-13(6-5-12(2)24)22-11-20-9-14-16(10-23)25-18-17(14)15(19-3)7-8-21-18/h4-8,10-11,24H,2,9H2,1,3H3,(H,19,21)(H,20,22)/b6-5-,13-4+. The van der Waals surface area contributed by atoms with Gasteiger partial charge in [0.2, 0.25) is 0 Å². The fourth-order valence-electron chi connectivity index (χ4n) is 2.23. The van der Waals surface area contributed by atoms with Crippen molar-refractivity contribution in [3.8, 4) is 0 Å². The number of rotatable bonds is 8. The molecular weight excluding hydrogens is 336 g/mol. The summed E-state index contributed by atoms with van der Waals surface area (Å²) in [5.74, 6) is -0.0226. The van der Waals surface area contributed by atoms with Gasteiger partial charge in [-0.15, -0.1) is 11.3 Å². The quantitative estimate of drug-likeness (QED) is 0.220. The number of thiophene rings is 1. The zero-order chi connectivity index (χ0) is 18.2. The van der Waals surface area contributed by atoms with Crippen molar-refractivity contribution in [1.29, 1.82) is 0 Å². The average molecular weight is 356 g/mol. The lowest BCUT2D eigenvalue weighted by molar-refractivity contribution is 0.112. The number of aldehydes is 1. The summed E-state index contributed by atoms with van der Waals surface area (Å²) >= 11 is 1.36. The van der Waals surface area contributed by atoms with E-state index in [1.54, 1.807) is 18.6 Å². The molecule has 2 heterocycles. The van der Waals surface area contributed by atoms with Crippen LogP contribution in [0.1, 0.15) is 22.2 Å². The Morgan fingerprint density at radius 2 is 2.28 bits per heavy atom. The predicted octanol–water partition coefficient (Wildman–Crippen LogP) is 3.80. The van der Waals surface area contributed by atoms with E-state index in [0.717, 1.165) is 33.5 Å². The van der Waals surface area contributed by atoms with Gasteiger partial charge in [-0.3, -0.25) is 9.79 Å². The second kappa shape index (κ2) is 8.79. The minimum atomic E-state index is -0.0226. The third kappa shape index (κ3) is 4.54. The molecule has 0 aromatic carbocycles. The Kier molecular flexibility index (Phi) is 6.47. The van der Waals surface area contributed by atoms with Crippen molar-refractivity contribution in [2.24, 2.45) is 4.99 Å². The molecule has 25 heavy (non-hydrogen) atoms. The van der Waals surface area contributed by atoms with E-state index in [2.05, 4.69) is 27.2 Å². The SMILES string of the molecule is C=C(O)/C=C\C(=C/C)NC=NCc1c(C=O)sc2nccc(NC)c12. The first kappa shape index (κ1) is 18.4. The molecule has 0 fully saturated rings. The molecule has 6 nitrogen and oxygen atoms in total. The first-order valence-corrected chi connectivity index (χ1v) is 8.42. The van der Waals surface area contributed by atoms with Crippen LogP contribution >= 0.6 is 11.3 Å². The van der Waals surface area contributed by atoms with Crippen molar-refractivity contribution in [2.45, 2.75) is 13.5 Å². The second-order valence-corrected chi connectivity index (χ2v) is 6.06. The third-order valence-electron chi connectivity index (χ3n) is 3.44. The molecule has 2 aromatic rings. The zero-order valence-corrected chi connectivity index (χ0v) is 14.9. The van der Waals surface area contributed by atoms with Gasteiger partial charge in [0.25, 0.3) is 0 Å². The Bertz CT molecular complexity index is 865. The van der Waals surface area contributed by atoms with Gasteiger partial charge >= 0.3 is 0 Å². The highest BCUT2D eigenvalue weighted by molar-refractivity contribution is 7.20. The molecule has 0 saturated heterocycles. The Morgan fingerprint density at radius 3 is 2.92 bits per heavy atom. The lowest BCUT2D eigenvalue weighted by Gasteiger charge is -2.04. The number of pyridine rings is 1. The molecule has 0 spiro atoms. The number of anilines is 1. The Morgan fingerprint density at radius 1 is 1.48 bits per heavy atom. The van der Waals surface area contributed by atoms with Gasteiger partial charge in [-0.25, -0.2) is 4.98 Å². The number of aliphatic hydroxyl groups excluding tert-OH is 1. The summed E-state index contributed by atoms with van der Waals surface area (Å²) in [6.07, 6.45) is 9.13. The minimum absolute atomic E-state index is 0.0226. The summed E-state index contributed by atoms with van der Waals surface area (Å²) in [5.41, 5.74) is 2.54. The van der Waals surface area contributed by atoms with E-state index < -0.39 is 0 Å². The Hall–Kier alpha value is -2.93. The molecule has 7 heteroatoms. The van der Waals surface area contributed by atoms with E-state index in [4.69, 9.17) is 5.11 Å². The van der Waals surface area contributed by atoms with Crippen LogP contribution in [0.5, 0.6) is 0 Å². The smallest absolute Gasteiger partial charge is 0.160 e. The van der Waals surface area contributed by atoms with Gasteiger partial charge in [-0.05, 0) is 25.1 Å². The third-order valence-corrected chi connectivity index (χ3v) is 4.50. The van der Waals surface area contributed by atoms with Crippen LogP contribution in [0.4, 0.5) is 5.69 Å². The van der Waals surface area contributed by atoms with Gasteiger partial charge in [0, 0.05) is 35.6 Å². The monoisotopic (exact) mass is 356 g/mol. The van der Waals surface area contributed by atoms with E-state index in [1.807, 2.05) is 26.1 Å². The number of allylic oxidation sites excluding steroid dienone is 3.